The summed E-state index contributed by atoms with van der Waals surface area (Å²) in [5, 5.41) is 22.8. The molecule has 0 saturated carbocycles. The van der Waals surface area contributed by atoms with Crippen molar-refractivity contribution >= 4 is 17.5 Å². The van der Waals surface area contributed by atoms with Crippen LogP contribution in [0.15, 0.2) is 18.2 Å². The molecule has 0 unspecified atom stereocenters. The van der Waals surface area contributed by atoms with Gasteiger partial charge in [0.05, 0.1) is 10.5 Å². The SMILES string of the molecule is NC(=O)CCCCNC(=O)c1cccc([N+](=O)[O-])c1O. The zero-order valence-corrected chi connectivity index (χ0v) is 10.7. The molecule has 0 aliphatic carbocycles. The molecule has 0 radical (unpaired) electrons. The fourth-order valence-electron chi connectivity index (χ4n) is 1.58. The van der Waals surface area contributed by atoms with Gasteiger partial charge < -0.3 is 16.2 Å². The molecule has 8 heteroatoms. The molecule has 108 valence electrons. The van der Waals surface area contributed by atoms with Gasteiger partial charge in [0.2, 0.25) is 11.7 Å². The monoisotopic (exact) mass is 281 g/mol. The van der Waals surface area contributed by atoms with Gasteiger partial charge in [-0.2, -0.15) is 0 Å². The smallest absolute Gasteiger partial charge is 0.311 e. The van der Waals surface area contributed by atoms with Gasteiger partial charge in [-0.25, -0.2) is 0 Å². The second-order valence-corrected chi connectivity index (χ2v) is 4.11. The van der Waals surface area contributed by atoms with E-state index in [9.17, 15) is 24.8 Å². The first kappa shape index (κ1) is 15.4. The number of hydrogen-bond donors (Lipinski definition) is 3. The van der Waals surface area contributed by atoms with E-state index in [-0.39, 0.29) is 18.5 Å². The molecule has 0 fully saturated rings. The molecule has 0 atom stereocenters. The average molecular weight is 281 g/mol. The Labute approximate surface area is 114 Å². The largest absolute Gasteiger partial charge is 0.502 e. The number of para-hydroxylation sites is 1. The summed E-state index contributed by atoms with van der Waals surface area (Å²) in [4.78, 5) is 32.1. The molecule has 1 rings (SSSR count). The maximum Gasteiger partial charge on any atom is 0.311 e. The minimum atomic E-state index is -0.765. The Bertz CT molecular complexity index is 530. The Balaban J connectivity index is 2.58. The Morgan fingerprint density at radius 3 is 2.65 bits per heavy atom. The Morgan fingerprint density at radius 2 is 2.05 bits per heavy atom. The molecule has 0 saturated heterocycles. The zero-order valence-electron chi connectivity index (χ0n) is 10.7. The number of carbonyl (C=O) groups is 2. The number of primary amides is 1. The third-order valence-electron chi connectivity index (χ3n) is 2.59. The molecule has 0 bridgehead atoms. The summed E-state index contributed by atoms with van der Waals surface area (Å²) in [6, 6.07) is 3.72. The molecular weight excluding hydrogens is 266 g/mol. The van der Waals surface area contributed by atoms with Gasteiger partial charge in [-0.3, -0.25) is 19.7 Å². The van der Waals surface area contributed by atoms with E-state index in [0.717, 1.165) is 6.07 Å². The number of phenolic OH excluding ortho intramolecular Hbond substituents is 1. The number of unbranched alkanes of at least 4 members (excludes halogenated alkanes) is 1. The molecule has 0 aliphatic heterocycles. The van der Waals surface area contributed by atoms with Crippen molar-refractivity contribution in [1.82, 2.24) is 5.32 Å². The summed E-state index contributed by atoms with van der Waals surface area (Å²) in [6.45, 7) is 0.286. The number of rotatable bonds is 7. The van der Waals surface area contributed by atoms with E-state index in [1.54, 1.807) is 0 Å². The number of nitro groups is 1. The van der Waals surface area contributed by atoms with Gasteiger partial charge in [0.1, 0.15) is 0 Å². The van der Waals surface area contributed by atoms with Crippen molar-refractivity contribution in [1.29, 1.82) is 0 Å². The Morgan fingerprint density at radius 1 is 1.35 bits per heavy atom. The number of benzene rings is 1. The normalized spacial score (nSPS) is 10.0. The summed E-state index contributed by atoms with van der Waals surface area (Å²) < 4.78 is 0. The number of hydrogen-bond acceptors (Lipinski definition) is 5. The number of nitrogens with zero attached hydrogens (tertiary/aromatic N) is 1. The van der Waals surface area contributed by atoms with Gasteiger partial charge in [-0.05, 0) is 18.9 Å². The minimum absolute atomic E-state index is 0.158. The standard InChI is InChI=1S/C12H15N3O5/c13-10(16)6-1-2-7-14-12(18)8-4-3-5-9(11(8)17)15(19)20/h3-5,17H,1-2,6-7H2,(H2,13,16)(H,14,18). The molecule has 2 amide bonds. The maximum absolute atomic E-state index is 11.8. The number of carbonyl (C=O) groups excluding carboxylic acids is 2. The maximum atomic E-state index is 11.8. The quantitative estimate of drug-likeness (QED) is 0.383. The lowest BCUT2D eigenvalue weighted by molar-refractivity contribution is -0.385. The van der Waals surface area contributed by atoms with Crippen molar-refractivity contribution in [2.45, 2.75) is 19.3 Å². The number of phenols is 1. The second-order valence-electron chi connectivity index (χ2n) is 4.11. The van der Waals surface area contributed by atoms with Crippen molar-refractivity contribution in [3.63, 3.8) is 0 Å². The van der Waals surface area contributed by atoms with Crippen LogP contribution in [0.2, 0.25) is 0 Å². The van der Waals surface area contributed by atoms with Gasteiger partial charge in [-0.15, -0.1) is 0 Å². The van der Waals surface area contributed by atoms with Crippen LogP contribution in [0.25, 0.3) is 0 Å². The Kier molecular flexibility index (Phi) is 5.45. The highest BCUT2D eigenvalue weighted by atomic mass is 16.6. The highest BCUT2D eigenvalue weighted by molar-refractivity contribution is 5.98. The van der Waals surface area contributed by atoms with Crippen molar-refractivity contribution in [2.24, 2.45) is 5.73 Å². The lowest BCUT2D eigenvalue weighted by Gasteiger charge is -2.06. The fourth-order valence-corrected chi connectivity index (χ4v) is 1.58. The first-order valence-corrected chi connectivity index (χ1v) is 5.96. The van der Waals surface area contributed by atoms with Crippen LogP contribution in [0.5, 0.6) is 5.75 Å². The number of aromatic hydroxyl groups is 1. The third-order valence-corrected chi connectivity index (χ3v) is 2.59. The summed E-state index contributed by atoms with van der Waals surface area (Å²) in [5.41, 5.74) is 4.29. The average Bonchev–Trinajstić information content (AvgIpc) is 2.37. The van der Waals surface area contributed by atoms with E-state index in [1.165, 1.54) is 12.1 Å². The van der Waals surface area contributed by atoms with E-state index in [2.05, 4.69) is 5.32 Å². The van der Waals surface area contributed by atoms with E-state index >= 15 is 0 Å². The number of nitro benzene ring substituents is 1. The summed E-state index contributed by atoms with van der Waals surface area (Å²) in [5.74, 6) is -1.68. The van der Waals surface area contributed by atoms with Crippen LogP contribution in [0.4, 0.5) is 5.69 Å². The van der Waals surface area contributed by atoms with Crippen molar-refractivity contribution in [3.05, 3.63) is 33.9 Å². The van der Waals surface area contributed by atoms with E-state index < -0.39 is 28.2 Å². The number of nitrogens with one attached hydrogen (secondary N) is 1. The molecule has 0 spiro atoms. The van der Waals surface area contributed by atoms with Gasteiger partial charge in [0.15, 0.2) is 0 Å². The van der Waals surface area contributed by atoms with Crippen LogP contribution < -0.4 is 11.1 Å². The lowest BCUT2D eigenvalue weighted by atomic mass is 10.1. The topological polar surface area (TPSA) is 136 Å². The van der Waals surface area contributed by atoms with Crippen LogP contribution in [0.1, 0.15) is 29.6 Å². The van der Waals surface area contributed by atoms with Gasteiger partial charge in [-0.1, -0.05) is 6.07 Å². The highest BCUT2D eigenvalue weighted by Gasteiger charge is 2.20. The first-order valence-electron chi connectivity index (χ1n) is 5.96. The van der Waals surface area contributed by atoms with Gasteiger partial charge in [0, 0.05) is 19.0 Å². The van der Waals surface area contributed by atoms with Gasteiger partial charge >= 0.3 is 5.69 Å². The van der Waals surface area contributed by atoms with E-state index in [0.29, 0.717) is 12.8 Å². The predicted molar refractivity (Wildman–Crippen MR) is 70.1 cm³/mol. The van der Waals surface area contributed by atoms with Crippen molar-refractivity contribution in [2.75, 3.05) is 6.54 Å². The minimum Gasteiger partial charge on any atom is -0.502 e. The van der Waals surface area contributed by atoms with Crippen LogP contribution in [0.3, 0.4) is 0 Å². The summed E-state index contributed by atoms with van der Waals surface area (Å²) in [7, 11) is 0. The summed E-state index contributed by atoms with van der Waals surface area (Å²) >= 11 is 0. The molecule has 0 aromatic heterocycles. The van der Waals surface area contributed by atoms with E-state index in [1.807, 2.05) is 0 Å². The molecular formula is C12H15N3O5. The van der Waals surface area contributed by atoms with Crippen LogP contribution in [0, 0.1) is 10.1 Å². The summed E-state index contributed by atoms with van der Waals surface area (Å²) in [6.07, 6.45) is 1.32. The highest BCUT2D eigenvalue weighted by Crippen LogP contribution is 2.28. The van der Waals surface area contributed by atoms with Crippen LogP contribution in [-0.4, -0.2) is 28.4 Å². The zero-order chi connectivity index (χ0) is 15.1. The molecule has 0 aliphatic rings. The van der Waals surface area contributed by atoms with E-state index in [4.69, 9.17) is 5.73 Å². The number of amides is 2. The Hall–Kier alpha value is -2.64. The van der Waals surface area contributed by atoms with Crippen LogP contribution in [-0.2, 0) is 4.79 Å². The van der Waals surface area contributed by atoms with Crippen molar-refractivity contribution < 1.29 is 19.6 Å². The lowest BCUT2D eigenvalue weighted by Crippen LogP contribution is -2.25. The molecule has 8 nitrogen and oxygen atoms in total. The van der Waals surface area contributed by atoms with Gasteiger partial charge in [0.25, 0.3) is 5.91 Å². The molecule has 4 N–H and O–H groups in total. The third kappa shape index (κ3) is 4.23. The number of nitrogens with two attached hydrogens (primary N) is 1. The first-order chi connectivity index (χ1) is 9.43. The fraction of sp³-hybridized carbons (Fsp3) is 0.333. The molecule has 1 aromatic carbocycles. The van der Waals surface area contributed by atoms with Crippen LogP contribution >= 0.6 is 0 Å². The molecule has 1 aromatic rings. The predicted octanol–water partition coefficient (Wildman–Crippen LogP) is 0.686. The molecule has 20 heavy (non-hydrogen) atoms. The second kappa shape index (κ2) is 7.07. The van der Waals surface area contributed by atoms with Crippen molar-refractivity contribution in [3.8, 4) is 5.75 Å². The molecule has 0 heterocycles.